The number of esters is 1. The van der Waals surface area contributed by atoms with Gasteiger partial charge in [-0.15, -0.1) is 0 Å². The Bertz CT molecular complexity index is 690. The van der Waals surface area contributed by atoms with Crippen molar-refractivity contribution in [2.24, 2.45) is 0 Å². The van der Waals surface area contributed by atoms with Crippen LogP contribution in [0.4, 0.5) is 4.79 Å². The summed E-state index contributed by atoms with van der Waals surface area (Å²) in [6, 6.07) is 9.33. The number of alkyl carbamates (subject to hydrolysis) is 1. The van der Waals surface area contributed by atoms with Gasteiger partial charge in [-0.3, -0.25) is 14.9 Å². The number of amides is 2. The van der Waals surface area contributed by atoms with E-state index in [4.69, 9.17) is 9.47 Å². The first-order valence-corrected chi connectivity index (χ1v) is 8.45. The Kier molecular flexibility index (Phi) is 8.78. The molecule has 1 aromatic rings. The van der Waals surface area contributed by atoms with Crippen molar-refractivity contribution in [1.29, 1.82) is 0 Å². The van der Waals surface area contributed by atoms with Crippen LogP contribution in [0.25, 0.3) is 0 Å². The van der Waals surface area contributed by atoms with Crippen LogP contribution in [0.2, 0.25) is 0 Å². The van der Waals surface area contributed by atoms with E-state index >= 15 is 0 Å². The van der Waals surface area contributed by atoms with Gasteiger partial charge in [0.15, 0.2) is 0 Å². The topological polar surface area (TPSA) is 84.9 Å². The van der Waals surface area contributed by atoms with Crippen LogP contribution in [0, 0.1) is 0 Å². The molecule has 0 unspecified atom stereocenters. The van der Waals surface area contributed by atoms with E-state index in [2.05, 4.69) is 5.32 Å². The maximum atomic E-state index is 11.7. The number of nitrogens with one attached hydrogen (secondary N) is 1. The second-order valence-corrected chi connectivity index (χ2v) is 6.74. The summed E-state index contributed by atoms with van der Waals surface area (Å²) in [5.41, 5.74) is 0.793. The van der Waals surface area contributed by atoms with Gasteiger partial charge in [-0.1, -0.05) is 30.3 Å². The van der Waals surface area contributed by atoms with E-state index in [1.807, 2.05) is 30.3 Å². The molecule has 27 heavy (non-hydrogen) atoms. The summed E-state index contributed by atoms with van der Waals surface area (Å²) in [6.07, 6.45) is 4.46. The average molecular weight is 374 g/mol. The zero-order chi connectivity index (χ0) is 20.3. The molecular weight excluding hydrogens is 348 g/mol. The van der Waals surface area contributed by atoms with Crippen LogP contribution >= 0.6 is 0 Å². The lowest BCUT2D eigenvalue weighted by atomic mass is 10.2. The highest BCUT2D eigenvalue weighted by molar-refractivity contribution is 5.75. The molecule has 0 aromatic heterocycles. The van der Waals surface area contributed by atoms with Gasteiger partial charge in [-0.25, -0.2) is 4.79 Å². The Morgan fingerprint density at radius 2 is 1.85 bits per heavy atom. The van der Waals surface area contributed by atoms with Crippen LogP contribution in [0.5, 0.6) is 0 Å². The van der Waals surface area contributed by atoms with E-state index in [0.29, 0.717) is 12.1 Å². The van der Waals surface area contributed by atoms with Gasteiger partial charge in [0.05, 0.1) is 0 Å². The summed E-state index contributed by atoms with van der Waals surface area (Å²) in [5.74, 6) is -0.512. The van der Waals surface area contributed by atoms with Gasteiger partial charge in [0, 0.05) is 11.9 Å². The van der Waals surface area contributed by atoms with Crippen LogP contribution in [-0.4, -0.2) is 35.5 Å². The van der Waals surface area contributed by atoms with Gasteiger partial charge in [0.25, 0.3) is 0 Å². The lowest BCUT2D eigenvalue weighted by molar-refractivity contribution is -0.156. The molecule has 0 saturated carbocycles. The summed E-state index contributed by atoms with van der Waals surface area (Å²) in [7, 11) is 0. The molecule has 0 aliphatic rings. The highest BCUT2D eigenvalue weighted by atomic mass is 16.6. The van der Waals surface area contributed by atoms with Crippen molar-refractivity contribution < 1.29 is 23.9 Å². The number of nitrogens with zero attached hydrogens (tertiary/aromatic N) is 1. The number of hydrogen-bond acceptors (Lipinski definition) is 5. The largest absolute Gasteiger partial charge is 0.459 e. The minimum absolute atomic E-state index is 0.171. The molecule has 0 heterocycles. The maximum absolute atomic E-state index is 11.7. The third kappa shape index (κ3) is 10.5. The number of carbonyl (C=O) groups is 3. The Balaban J connectivity index is 2.44. The molecular formula is C20H26N2O5. The standard InChI is InChI=1S/C20H26N2O5/c1-16(21-19(25)26-14-17-10-6-5-7-11-17)9-8-12-22(15-23)13-18(24)27-20(2,3)4/h5-12,15H,13-14H2,1-4H3,(H,21,25)/b12-8-,16-9+. The van der Waals surface area contributed by atoms with Crippen molar-refractivity contribution in [2.45, 2.75) is 39.9 Å². The predicted molar refractivity (Wildman–Crippen MR) is 101 cm³/mol. The fourth-order valence-electron chi connectivity index (χ4n) is 1.91. The van der Waals surface area contributed by atoms with Crippen LogP contribution < -0.4 is 5.32 Å². The lowest BCUT2D eigenvalue weighted by Gasteiger charge is -2.21. The molecule has 1 N–H and O–H groups in total. The first-order chi connectivity index (χ1) is 12.7. The number of allylic oxidation sites excluding steroid dienone is 3. The van der Waals surface area contributed by atoms with Gasteiger partial charge in [-0.05, 0) is 45.4 Å². The third-order valence-electron chi connectivity index (χ3n) is 3.00. The average Bonchev–Trinajstić information content (AvgIpc) is 2.58. The molecule has 0 spiro atoms. The lowest BCUT2D eigenvalue weighted by Crippen LogP contribution is -2.31. The van der Waals surface area contributed by atoms with E-state index in [-0.39, 0.29) is 13.2 Å². The molecule has 146 valence electrons. The normalized spacial score (nSPS) is 11.8. The van der Waals surface area contributed by atoms with Crippen LogP contribution in [0.1, 0.15) is 33.3 Å². The van der Waals surface area contributed by atoms with Crippen LogP contribution in [0.3, 0.4) is 0 Å². The van der Waals surface area contributed by atoms with Gasteiger partial charge < -0.3 is 14.4 Å². The number of ether oxygens (including phenoxy) is 2. The van der Waals surface area contributed by atoms with E-state index in [1.54, 1.807) is 33.8 Å². The van der Waals surface area contributed by atoms with Crippen LogP contribution in [0.15, 0.2) is 54.4 Å². The van der Waals surface area contributed by atoms with Crippen molar-refractivity contribution in [3.05, 3.63) is 59.9 Å². The second-order valence-electron chi connectivity index (χ2n) is 6.74. The molecule has 1 aromatic carbocycles. The van der Waals surface area contributed by atoms with E-state index in [1.165, 1.54) is 12.3 Å². The number of hydrogen-bond donors (Lipinski definition) is 1. The molecule has 0 atom stereocenters. The fraction of sp³-hybridized carbons (Fsp3) is 0.350. The Labute approximate surface area is 159 Å². The molecule has 7 heteroatoms. The number of benzene rings is 1. The van der Waals surface area contributed by atoms with Gasteiger partial charge in [0.2, 0.25) is 6.41 Å². The van der Waals surface area contributed by atoms with Crippen molar-refractivity contribution >= 4 is 18.5 Å². The monoisotopic (exact) mass is 374 g/mol. The third-order valence-corrected chi connectivity index (χ3v) is 3.00. The first-order valence-electron chi connectivity index (χ1n) is 8.45. The summed E-state index contributed by atoms with van der Waals surface area (Å²) >= 11 is 0. The summed E-state index contributed by atoms with van der Waals surface area (Å²) in [5, 5.41) is 2.56. The summed E-state index contributed by atoms with van der Waals surface area (Å²) in [4.78, 5) is 35.6. The van der Waals surface area contributed by atoms with E-state index in [0.717, 1.165) is 10.5 Å². The summed E-state index contributed by atoms with van der Waals surface area (Å²) < 4.78 is 10.3. The minimum atomic E-state index is -0.615. The first kappa shape index (κ1) is 22.0. The van der Waals surface area contributed by atoms with Crippen molar-refractivity contribution in [1.82, 2.24) is 10.2 Å². The van der Waals surface area contributed by atoms with Crippen molar-refractivity contribution in [3.63, 3.8) is 0 Å². The highest BCUT2D eigenvalue weighted by Gasteiger charge is 2.17. The molecule has 0 aliphatic carbocycles. The van der Waals surface area contributed by atoms with Crippen molar-refractivity contribution in [2.75, 3.05) is 6.54 Å². The summed E-state index contributed by atoms with van der Waals surface area (Å²) in [6.45, 7) is 6.90. The molecule has 0 fully saturated rings. The Morgan fingerprint density at radius 1 is 1.19 bits per heavy atom. The van der Waals surface area contributed by atoms with Crippen LogP contribution in [-0.2, 0) is 25.7 Å². The van der Waals surface area contributed by atoms with Gasteiger partial charge in [0.1, 0.15) is 18.8 Å². The molecule has 0 saturated heterocycles. The van der Waals surface area contributed by atoms with E-state index in [9.17, 15) is 14.4 Å². The van der Waals surface area contributed by atoms with E-state index < -0.39 is 17.7 Å². The SMILES string of the molecule is C/C(=C\C=C/N(C=O)CC(=O)OC(C)(C)C)NC(=O)OCc1ccccc1. The minimum Gasteiger partial charge on any atom is -0.459 e. The molecule has 0 bridgehead atoms. The molecule has 2 amide bonds. The molecule has 0 aliphatic heterocycles. The quantitative estimate of drug-likeness (QED) is 0.429. The van der Waals surface area contributed by atoms with Gasteiger partial charge in [-0.2, -0.15) is 0 Å². The van der Waals surface area contributed by atoms with Gasteiger partial charge >= 0.3 is 12.1 Å². The maximum Gasteiger partial charge on any atom is 0.411 e. The zero-order valence-corrected chi connectivity index (χ0v) is 16.1. The zero-order valence-electron chi connectivity index (χ0n) is 16.1. The number of carbonyl (C=O) groups excluding carboxylic acids is 3. The van der Waals surface area contributed by atoms with Crippen molar-refractivity contribution in [3.8, 4) is 0 Å². The second kappa shape index (κ2) is 10.8. The Hall–Kier alpha value is -3.09. The smallest absolute Gasteiger partial charge is 0.411 e. The highest BCUT2D eigenvalue weighted by Crippen LogP contribution is 2.07. The number of rotatable bonds is 8. The predicted octanol–water partition coefficient (Wildman–Crippen LogP) is 3.13. The molecule has 1 rings (SSSR count). The Morgan fingerprint density at radius 3 is 2.44 bits per heavy atom. The molecule has 0 radical (unpaired) electrons. The molecule has 7 nitrogen and oxygen atoms in total. The fourth-order valence-corrected chi connectivity index (χ4v) is 1.91.